The number of hydrogen-bond acceptors (Lipinski definition) is 6. The third kappa shape index (κ3) is 2.90. The van der Waals surface area contributed by atoms with E-state index in [1.165, 1.54) is 25.7 Å². The van der Waals surface area contributed by atoms with Crippen molar-refractivity contribution in [2.24, 2.45) is 0 Å². The van der Waals surface area contributed by atoms with E-state index in [9.17, 15) is 0 Å². The summed E-state index contributed by atoms with van der Waals surface area (Å²) in [6, 6.07) is 7.94. The molecule has 8 heteroatoms. The van der Waals surface area contributed by atoms with Gasteiger partial charge in [0.15, 0.2) is 11.6 Å². The predicted molar refractivity (Wildman–Crippen MR) is 107 cm³/mol. The van der Waals surface area contributed by atoms with Crippen LogP contribution < -0.4 is 0 Å². The van der Waals surface area contributed by atoms with Crippen molar-refractivity contribution in [1.82, 2.24) is 39.5 Å². The molecule has 3 aromatic heterocycles. The highest BCUT2D eigenvalue weighted by atomic mass is 15.4. The fraction of sp³-hybridized carbons (Fsp3) is 0.429. The number of hydrogen-bond donors (Lipinski definition) is 0. The third-order valence-corrected chi connectivity index (χ3v) is 6.20. The van der Waals surface area contributed by atoms with Crippen molar-refractivity contribution >= 4 is 11.0 Å². The Morgan fingerprint density at radius 3 is 2.66 bits per heavy atom. The molecule has 1 saturated carbocycles. The summed E-state index contributed by atoms with van der Waals surface area (Å²) < 4.78 is 3.93. The third-order valence-electron chi connectivity index (χ3n) is 6.20. The molecule has 1 aliphatic carbocycles. The van der Waals surface area contributed by atoms with Gasteiger partial charge in [0.2, 0.25) is 0 Å². The van der Waals surface area contributed by atoms with Crippen molar-refractivity contribution in [2.75, 3.05) is 0 Å². The predicted octanol–water partition coefficient (Wildman–Crippen LogP) is 3.19. The van der Waals surface area contributed by atoms with Gasteiger partial charge in [-0.05, 0) is 31.4 Å². The Morgan fingerprint density at radius 2 is 1.76 bits per heavy atom. The van der Waals surface area contributed by atoms with Crippen LogP contribution in [0.15, 0.2) is 36.8 Å². The van der Waals surface area contributed by atoms with Gasteiger partial charge >= 0.3 is 0 Å². The molecule has 0 amide bonds. The largest absolute Gasteiger partial charge is 0.251 e. The van der Waals surface area contributed by atoms with Gasteiger partial charge in [-0.15, -0.1) is 5.10 Å². The molecule has 0 spiro atoms. The standard InChI is InChI=1S/C21H22N8/c1-2-6-14(5-1)20-26-21(15-9-10-28-18(11-15)23-13-24-28)29(27-20)19-12-22-16-7-3-4-8-17(16)25-19/h3-4,7-8,12-15H,1-2,5-6,9-11H2. The smallest absolute Gasteiger partial charge is 0.174 e. The zero-order valence-corrected chi connectivity index (χ0v) is 16.1. The number of benzene rings is 1. The molecule has 8 nitrogen and oxygen atoms in total. The molecule has 29 heavy (non-hydrogen) atoms. The lowest BCUT2D eigenvalue weighted by atomic mass is 9.97. The highest BCUT2D eigenvalue weighted by Gasteiger charge is 2.30. The van der Waals surface area contributed by atoms with Crippen LogP contribution in [0.25, 0.3) is 16.9 Å². The van der Waals surface area contributed by atoms with E-state index in [2.05, 4.69) is 15.1 Å². The first-order valence-electron chi connectivity index (χ1n) is 10.4. The van der Waals surface area contributed by atoms with E-state index in [0.29, 0.717) is 5.92 Å². The second kappa shape index (κ2) is 6.72. The highest BCUT2D eigenvalue weighted by molar-refractivity contribution is 5.74. The summed E-state index contributed by atoms with van der Waals surface area (Å²) in [7, 11) is 0. The molecule has 1 fully saturated rings. The van der Waals surface area contributed by atoms with E-state index in [-0.39, 0.29) is 5.92 Å². The molecular formula is C21H22N8. The molecule has 4 heterocycles. The molecule has 1 unspecified atom stereocenters. The van der Waals surface area contributed by atoms with Crippen molar-refractivity contribution in [2.45, 2.75) is 56.9 Å². The van der Waals surface area contributed by atoms with E-state index in [1.807, 2.05) is 39.8 Å². The molecule has 1 aliphatic heterocycles. The second-order valence-corrected chi connectivity index (χ2v) is 8.03. The Kier molecular flexibility index (Phi) is 3.88. The maximum absolute atomic E-state index is 5.06. The molecule has 0 radical (unpaired) electrons. The summed E-state index contributed by atoms with van der Waals surface area (Å²) in [6.07, 6.45) is 10.1. The van der Waals surface area contributed by atoms with E-state index < -0.39 is 0 Å². The first-order chi connectivity index (χ1) is 14.3. The van der Waals surface area contributed by atoms with Crippen LogP contribution in [-0.4, -0.2) is 39.5 Å². The summed E-state index contributed by atoms with van der Waals surface area (Å²) in [6.45, 7) is 0.856. The second-order valence-electron chi connectivity index (χ2n) is 8.03. The number of para-hydroxylation sites is 2. The van der Waals surface area contributed by atoms with Crippen LogP contribution in [0.1, 0.15) is 61.4 Å². The van der Waals surface area contributed by atoms with Gasteiger partial charge < -0.3 is 0 Å². The fourth-order valence-electron chi connectivity index (χ4n) is 4.63. The molecule has 6 rings (SSSR count). The molecule has 4 aromatic rings. The highest BCUT2D eigenvalue weighted by Crippen LogP contribution is 2.35. The monoisotopic (exact) mass is 386 g/mol. The van der Waals surface area contributed by atoms with Gasteiger partial charge in [0.1, 0.15) is 18.0 Å². The van der Waals surface area contributed by atoms with Gasteiger partial charge in [0.25, 0.3) is 0 Å². The summed E-state index contributed by atoms with van der Waals surface area (Å²) in [5, 5.41) is 9.26. The van der Waals surface area contributed by atoms with Crippen molar-refractivity contribution in [3.05, 3.63) is 54.3 Å². The zero-order valence-electron chi connectivity index (χ0n) is 16.1. The van der Waals surface area contributed by atoms with Crippen molar-refractivity contribution in [3.63, 3.8) is 0 Å². The number of rotatable bonds is 3. The lowest BCUT2D eigenvalue weighted by Gasteiger charge is -2.21. The Labute approximate surface area is 168 Å². The van der Waals surface area contributed by atoms with Crippen LogP contribution in [0.3, 0.4) is 0 Å². The van der Waals surface area contributed by atoms with Gasteiger partial charge in [-0.25, -0.2) is 15.0 Å². The van der Waals surface area contributed by atoms with Crippen LogP contribution in [0.4, 0.5) is 0 Å². The molecule has 146 valence electrons. The van der Waals surface area contributed by atoms with E-state index in [0.717, 1.165) is 53.7 Å². The van der Waals surface area contributed by atoms with E-state index >= 15 is 0 Å². The summed E-state index contributed by atoms with van der Waals surface area (Å²) in [4.78, 5) is 18.9. The first kappa shape index (κ1) is 16.8. The molecule has 0 bridgehead atoms. The van der Waals surface area contributed by atoms with Crippen LogP contribution in [0.2, 0.25) is 0 Å². The van der Waals surface area contributed by atoms with Crippen molar-refractivity contribution < 1.29 is 0 Å². The molecule has 1 aromatic carbocycles. The van der Waals surface area contributed by atoms with Crippen LogP contribution >= 0.6 is 0 Å². The maximum Gasteiger partial charge on any atom is 0.174 e. The molecular weight excluding hydrogens is 364 g/mol. The first-order valence-corrected chi connectivity index (χ1v) is 10.4. The Morgan fingerprint density at radius 1 is 0.897 bits per heavy atom. The van der Waals surface area contributed by atoms with Gasteiger partial charge in [-0.1, -0.05) is 25.0 Å². The Bertz CT molecular complexity index is 1170. The Balaban J connectivity index is 1.45. The summed E-state index contributed by atoms with van der Waals surface area (Å²) in [5.41, 5.74) is 1.76. The molecule has 2 aliphatic rings. The molecule has 1 atom stereocenters. The van der Waals surface area contributed by atoms with Crippen LogP contribution in [0, 0.1) is 0 Å². The summed E-state index contributed by atoms with van der Waals surface area (Å²) >= 11 is 0. The van der Waals surface area contributed by atoms with E-state index in [1.54, 1.807) is 6.33 Å². The average Bonchev–Trinajstić information content (AvgIpc) is 3.52. The summed E-state index contributed by atoms with van der Waals surface area (Å²) in [5.74, 6) is 4.40. The van der Waals surface area contributed by atoms with Crippen molar-refractivity contribution in [1.29, 1.82) is 0 Å². The van der Waals surface area contributed by atoms with Crippen molar-refractivity contribution in [3.8, 4) is 5.82 Å². The normalized spacial score (nSPS) is 19.7. The SMILES string of the molecule is c1ccc2nc(-n3nc(C4CCCC4)nc3C3CCn4ncnc4C3)cnc2c1. The van der Waals surface area contributed by atoms with Crippen LogP contribution in [-0.2, 0) is 13.0 Å². The minimum absolute atomic E-state index is 0.252. The Hall–Kier alpha value is -3.16. The minimum atomic E-state index is 0.252. The quantitative estimate of drug-likeness (QED) is 0.537. The number of nitrogens with zero attached hydrogens (tertiary/aromatic N) is 8. The number of aryl methyl sites for hydroxylation is 1. The maximum atomic E-state index is 5.06. The lowest BCUT2D eigenvalue weighted by molar-refractivity contribution is 0.417. The fourth-order valence-corrected chi connectivity index (χ4v) is 4.63. The van der Waals surface area contributed by atoms with Gasteiger partial charge in [-0.3, -0.25) is 9.67 Å². The lowest BCUT2D eigenvalue weighted by Crippen LogP contribution is -2.22. The average molecular weight is 386 g/mol. The van der Waals surface area contributed by atoms with Gasteiger partial charge in [0, 0.05) is 24.8 Å². The minimum Gasteiger partial charge on any atom is -0.251 e. The zero-order chi connectivity index (χ0) is 19.2. The van der Waals surface area contributed by atoms with Gasteiger partial charge in [0.05, 0.1) is 17.2 Å². The topological polar surface area (TPSA) is 87.2 Å². The molecule has 0 saturated heterocycles. The molecule has 0 N–H and O–H groups in total. The van der Waals surface area contributed by atoms with Gasteiger partial charge in [-0.2, -0.15) is 9.78 Å². The van der Waals surface area contributed by atoms with Crippen LogP contribution in [0.5, 0.6) is 0 Å². The number of aromatic nitrogens is 8. The van der Waals surface area contributed by atoms with E-state index in [4.69, 9.17) is 15.1 Å². The number of fused-ring (bicyclic) bond motifs is 2.